The van der Waals surface area contributed by atoms with Gasteiger partial charge in [-0.3, -0.25) is 0 Å². The summed E-state index contributed by atoms with van der Waals surface area (Å²) < 4.78 is 0. The van der Waals surface area contributed by atoms with Gasteiger partial charge in [-0.2, -0.15) is 5.26 Å². The van der Waals surface area contributed by atoms with Gasteiger partial charge in [-0.25, -0.2) is 0 Å². The predicted octanol–water partition coefficient (Wildman–Crippen LogP) is 4.25. The third kappa shape index (κ3) is 2.28. The first-order valence-electron chi connectivity index (χ1n) is 5.66. The maximum absolute atomic E-state index is 8.91. The lowest BCUT2D eigenvalue weighted by Gasteiger charge is -2.34. The van der Waals surface area contributed by atoms with E-state index in [9.17, 15) is 0 Å². The second-order valence-electron chi connectivity index (χ2n) is 4.50. The molecular weight excluding hydrogens is 230 g/mol. The van der Waals surface area contributed by atoms with Crippen LogP contribution in [0.4, 0.5) is 0 Å². The summed E-state index contributed by atoms with van der Waals surface area (Å²) in [5.41, 5.74) is 1.08. The molecule has 0 heterocycles. The Hall–Kier alpha value is -1.52. The molecule has 0 aliphatic heterocycles. The molecule has 2 rings (SSSR count). The zero-order valence-corrected chi connectivity index (χ0v) is 10.5. The highest BCUT2D eigenvalue weighted by Crippen LogP contribution is 2.38. The minimum atomic E-state index is -0.116. The second-order valence-corrected chi connectivity index (χ2v) is 4.94. The molecule has 1 nitrogen and oxygen atoms in total. The van der Waals surface area contributed by atoms with Gasteiger partial charge in [0.1, 0.15) is 0 Å². The van der Waals surface area contributed by atoms with E-state index in [4.69, 9.17) is 16.9 Å². The van der Waals surface area contributed by atoms with Crippen LogP contribution in [-0.4, -0.2) is 0 Å². The molecule has 2 heteroatoms. The van der Waals surface area contributed by atoms with Crippen molar-refractivity contribution < 1.29 is 0 Å². The Kier molecular flexibility index (Phi) is 3.36. The van der Waals surface area contributed by atoms with E-state index in [1.165, 1.54) is 5.56 Å². The summed E-state index contributed by atoms with van der Waals surface area (Å²) in [5.74, 6) is 0.221. The zero-order valence-electron chi connectivity index (χ0n) is 9.73. The number of allylic oxidation sites excluding steroid dienone is 4. The van der Waals surface area contributed by atoms with E-state index in [1.54, 1.807) is 0 Å². The summed E-state index contributed by atoms with van der Waals surface area (Å²) in [7, 11) is 0. The molecule has 1 aliphatic carbocycles. The van der Waals surface area contributed by atoms with Crippen LogP contribution in [0.25, 0.3) is 0 Å². The van der Waals surface area contributed by atoms with Gasteiger partial charge in [0.2, 0.25) is 0 Å². The molecule has 1 aromatic carbocycles. The minimum absolute atomic E-state index is 0.116. The number of halogens is 1. The molecule has 0 radical (unpaired) electrons. The molecule has 0 N–H and O–H groups in total. The molecule has 0 fully saturated rings. The molecule has 1 aliphatic rings. The van der Waals surface area contributed by atoms with Crippen LogP contribution in [0, 0.1) is 17.2 Å². The number of hydrogen-bond donors (Lipinski definition) is 0. The Labute approximate surface area is 107 Å². The average Bonchev–Trinajstić information content (AvgIpc) is 2.33. The summed E-state index contributed by atoms with van der Waals surface area (Å²) in [4.78, 5) is 0. The molecular formula is C15H14ClN. The normalized spacial score (nSPS) is 26.8. The maximum atomic E-state index is 8.91. The van der Waals surface area contributed by atoms with Crippen molar-refractivity contribution >= 4 is 11.6 Å². The van der Waals surface area contributed by atoms with Gasteiger partial charge >= 0.3 is 0 Å². The minimum Gasteiger partial charge on any atom is -0.198 e. The number of benzene rings is 1. The zero-order chi connectivity index (χ0) is 12.3. The predicted molar refractivity (Wildman–Crippen MR) is 70.8 cm³/mol. The number of hydrogen-bond acceptors (Lipinski definition) is 1. The van der Waals surface area contributed by atoms with Crippen molar-refractivity contribution in [3.63, 3.8) is 0 Å². The van der Waals surface area contributed by atoms with Crippen molar-refractivity contribution in [1.82, 2.24) is 0 Å². The molecule has 86 valence electrons. The third-order valence-corrected chi connectivity index (χ3v) is 3.70. The van der Waals surface area contributed by atoms with E-state index in [0.29, 0.717) is 6.42 Å². The van der Waals surface area contributed by atoms with Crippen molar-refractivity contribution in [1.29, 1.82) is 5.26 Å². The van der Waals surface area contributed by atoms with E-state index in [2.05, 4.69) is 25.1 Å². The monoisotopic (exact) mass is 243 g/mol. The van der Waals surface area contributed by atoms with Crippen molar-refractivity contribution in [2.24, 2.45) is 5.92 Å². The standard InChI is InChI=1S/C15H14ClN/c1-15(13-5-7-14(16)8-6-13)10-3-2-4-12(15)9-11-17/h2-8,10,12H,9H2,1H3. The Morgan fingerprint density at radius 1 is 1.29 bits per heavy atom. The third-order valence-electron chi connectivity index (χ3n) is 3.44. The van der Waals surface area contributed by atoms with Crippen LogP contribution < -0.4 is 0 Å². The summed E-state index contributed by atoms with van der Waals surface area (Å²) in [5, 5.41) is 9.65. The van der Waals surface area contributed by atoms with E-state index in [0.717, 1.165) is 5.02 Å². The van der Waals surface area contributed by atoms with Crippen molar-refractivity contribution in [2.75, 3.05) is 0 Å². The average molecular weight is 244 g/mol. The summed E-state index contributed by atoms with van der Waals surface area (Å²) in [6.45, 7) is 2.16. The van der Waals surface area contributed by atoms with Gasteiger partial charge in [0.25, 0.3) is 0 Å². The number of nitriles is 1. The number of nitrogens with zero attached hydrogens (tertiary/aromatic N) is 1. The molecule has 0 aromatic heterocycles. The Bertz CT molecular complexity index is 493. The summed E-state index contributed by atoms with van der Waals surface area (Å²) in [6.07, 6.45) is 8.86. The number of rotatable bonds is 2. The largest absolute Gasteiger partial charge is 0.198 e. The van der Waals surface area contributed by atoms with E-state index in [-0.39, 0.29) is 11.3 Å². The van der Waals surface area contributed by atoms with Crippen LogP contribution in [0.5, 0.6) is 0 Å². The second kappa shape index (κ2) is 4.77. The van der Waals surface area contributed by atoms with Gasteiger partial charge in [-0.1, -0.05) is 55.0 Å². The fourth-order valence-electron chi connectivity index (χ4n) is 2.27. The fourth-order valence-corrected chi connectivity index (χ4v) is 2.40. The van der Waals surface area contributed by atoms with Gasteiger partial charge < -0.3 is 0 Å². The summed E-state index contributed by atoms with van der Waals surface area (Å²) >= 11 is 5.91. The Morgan fingerprint density at radius 3 is 2.65 bits per heavy atom. The molecule has 1 aromatic rings. The van der Waals surface area contributed by atoms with E-state index >= 15 is 0 Å². The quantitative estimate of drug-likeness (QED) is 0.762. The van der Waals surface area contributed by atoms with Crippen molar-refractivity contribution in [3.8, 4) is 6.07 Å². The molecule has 0 saturated heterocycles. The van der Waals surface area contributed by atoms with Crippen molar-refractivity contribution in [2.45, 2.75) is 18.8 Å². The maximum Gasteiger partial charge on any atom is 0.0628 e. The van der Waals surface area contributed by atoms with Gasteiger partial charge in [0.15, 0.2) is 0 Å². The van der Waals surface area contributed by atoms with E-state index < -0.39 is 0 Å². The van der Waals surface area contributed by atoms with Crippen LogP contribution in [0.1, 0.15) is 18.9 Å². The SMILES string of the molecule is CC1(c2ccc(Cl)cc2)C=CC=CC1CC#N. The Balaban J connectivity index is 2.39. The van der Waals surface area contributed by atoms with E-state index in [1.807, 2.05) is 36.4 Å². The highest BCUT2D eigenvalue weighted by Gasteiger charge is 2.32. The molecule has 17 heavy (non-hydrogen) atoms. The highest BCUT2D eigenvalue weighted by atomic mass is 35.5. The van der Waals surface area contributed by atoms with Gasteiger partial charge in [-0.15, -0.1) is 0 Å². The van der Waals surface area contributed by atoms with Crippen LogP contribution in [0.15, 0.2) is 48.6 Å². The Morgan fingerprint density at radius 2 is 2.00 bits per heavy atom. The molecule has 0 bridgehead atoms. The smallest absolute Gasteiger partial charge is 0.0628 e. The first kappa shape index (κ1) is 12.0. The topological polar surface area (TPSA) is 23.8 Å². The van der Waals surface area contributed by atoms with Gasteiger partial charge in [0, 0.05) is 22.8 Å². The van der Waals surface area contributed by atoms with Crippen LogP contribution in [0.3, 0.4) is 0 Å². The lowest BCUT2D eigenvalue weighted by atomic mass is 9.68. The molecule has 0 saturated carbocycles. The van der Waals surface area contributed by atoms with Gasteiger partial charge in [-0.05, 0) is 17.7 Å². The highest BCUT2D eigenvalue weighted by molar-refractivity contribution is 6.30. The van der Waals surface area contributed by atoms with Gasteiger partial charge in [0.05, 0.1) is 6.07 Å². The fraction of sp³-hybridized carbons (Fsp3) is 0.267. The molecule has 0 amide bonds. The lowest BCUT2D eigenvalue weighted by molar-refractivity contribution is 0.431. The molecule has 2 unspecified atom stereocenters. The van der Waals surface area contributed by atoms with Crippen LogP contribution in [0.2, 0.25) is 5.02 Å². The first-order valence-corrected chi connectivity index (χ1v) is 6.03. The van der Waals surface area contributed by atoms with Crippen LogP contribution >= 0.6 is 11.6 Å². The van der Waals surface area contributed by atoms with Crippen LogP contribution in [-0.2, 0) is 5.41 Å². The first-order chi connectivity index (χ1) is 8.16. The lowest BCUT2D eigenvalue weighted by Crippen LogP contribution is -2.30. The van der Waals surface area contributed by atoms with Crippen molar-refractivity contribution in [3.05, 3.63) is 59.2 Å². The summed E-state index contributed by atoms with van der Waals surface area (Å²) in [6, 6.07) is 10.1. The molecule has 2 atom stereocenters. The molecule has 0 spiro atoms.